The van der Waals surface area contributed by atoms with Gasteiger partial charge in [0.1, 0.15) is 0 Å². The van der Waals surface area contributed by atoms with Crippen molar-refractivity contribution in [2.75, 3.05) is 0 Å². The van der Waals surface area contributed by atoms with Gasteiger partial charge in [-0.25, -0.2) is 0 Å². The summed E-state index contributed by atoms with van der Waals surface area (Å²) in [6, 6.07) is 0. The van der Waals surface area contributed by atoms with Gasteiger partial charge in [-0.2, -0.15) is 0 Å². The molecule has 0 aliphatic heterocycles. The summed E-state index contributed by atoms with van der Waals surface area (Å²) in [5.41, 5.74) is 0. The lowest BCUT2D eigenvalue weighted by molar-refractivity contribution is -0.135. The van der Waals surface area contributed by atoms with Crippen molar-refractivity contribution in [1.82, 2.24) is 0 Å². The number of aliphatic hydroxyl groups is 1. The Morgan fingerprint density at radius 3 is 2.67 bits per heavy atom. The Kier molecular flexibility index (Phi) is 8.78. The molecule has 2 N–H and O–H groups in total. The van der Waals surface area contributed by atoms with Crippen LogP contribution in [-0.2, 0) is 4.79 Å². The molecule has 15 heavy (non-hydrogen) atoms. The molecule has 0 saturated carbocycles. The van der Waals surface area contributed by atoms with Crippen molar-refractivity contribution in [3.05, 3.63) is 24.3 Å². The van der Waals surface area contributed by atoms with Crippen LogP contribution in [0.25, 0.3) is 0 Å². The quantitative estimate of drug-likeness (QED) is 0.480. The first-order valence-corrected chi connectivity index (χ1v) is 5.40. The number of aliphatic carboxylic acids is 1. The second-order valence-electron chi connectivity index (χ2n) is 3.47. The minimum absolute atomic E-state index is 0.0241. The van der Waals surface area contributed by atoms with Gasteiger partial charge in [-0.3, -0.25) is 4.79 Å². The average molecular weight is 212 g/mol. The molecule has 86 valence electrons. The Labute approximate surface area is 91.1 Å². The molecular formula is C12H20O3. The maximum absolute atomic E-state index is 10.1. The zero-order chi connectivity index (χ0) is 11.5. The number of hydrogen-bond donors (Lipinski definition) is 2. The van der Waals surface area contributed by atoms with E-state index in [1.807, 2.05) is 0 Å². The third-order valence-electron chi connectivity index (χ3n) is 1.98. The van der Waals surface area contributed by atoms with E-state index in [4.69, 9.17) is 5.11 Å². The second-order valence-corrected chi connectivity index (χ2v) is 3.47. The SMILES string of the molecule is CCCCCC(O)/C=C/C=C\CC(=O)O. The second kappa shape index (κ2) is 9.46. The maximum atomic E-state index is 10.1. The summed E-state index contributed by atoms with van der Waals surface area (Å²) in [6.45, 7) is 2.12. The average Bonchev–Trinajstić information content (AvgIpc) is 2.17. The van der Waals surface area contributed by atoms with Gasteiger partial charge in [-0.15, -0.1) is 0 Å². The molecule has 0 fully saturated rings. The van der Waals surface area contributed by atoms with Crippen LogP contribution in [0.2, 0.25) is 0 Å². The highest BCUT2D eigenvalue weighted by Gasteiger charge is 1.96. The predicted octanol–water partition coefficient (Wildman–Crippen LogP) is 2.51. The Bertz CT molecular complexity index is 219. The third kappa shape index (κ3) is 10.8. The zero-order valence-corrected chi connectivity index (χ0v) is 9.22. The van der Waals surface area contributed by atoms with Gasteiger partial charge in [0, 0.05) is 0 Å². The normalized spacial score (nSPS) is 13.7. The van der Waals surface area contributed by atoms with E-state index in [-0.39, 0.29) is 6.42 Å². The minimum Gasteiger partial charge on any atom is -0.481 e. The molecule has 0 bridgehead atoms. The molecule has 3 heteroatoms. The van der Waals surface area contributed by atoms with Gasteiger partial charge in [0.05, 0.1) is 12.5 Å². The van der Waals surface area contributed by atoms with Crippen LogP contribution in [0.1, 0.15) is 39.0 Å². The van der Waals surface area contributed by atoms with Crippen LogP contribution in [0, 0.1) is 0 Å². The highest BCUT2D eigenvalue weighted by atomic mass is 16.4. The fourth-order valence-corrected chi connectivity index (χ4v) is 1.14. The van der Waals surface area contributed by atoms with E-state index in [0.29, 0.717) is 0 Å². The molecule has 1 unspecified atom stereocenters. The molecule has 0 saturated heterocycles. The molecule has 0 radical (unpaired) electrons. The van der Waals surface area contributed by atoms with Crippen molar-refractivity contribution in [3.63, 3.8) is 0 Å². The number of carboxylic acids is 1. The van der Waals surface area contributed by atoms with Gasteiger partial charge in [0.15, 0.2) is 0 Å². The predicted molar refractivity (Wildman–Crippen MR) is 60.7 cm³/mol. The van der Waals surface area contributed by atoms with Crippen LogP contribution >= 0.6 is 0 Å². The number of unbranched alkanes of at least 4 members (excludes halogenated alkanes) is 2. The summed E-state index contributed by atoms with van der Waals surface area (Å²) < 4.78 is 0. The lowest BCUT2D eigenvalue weighted by atomic mass is 10.1. The number of carbonyl (C=O) groups is 1. The first kappa shape index (κ1) is 13.9. The molecule has 0 aromatic rings. The van der Waals surface area contributed by atoms with E-state index >= 15 is 0 Å². The highest BCUT2D eigenvalue weighted by Crippen LogP contribution is 2.04. The van der Waals surface area contributed by atoms with Crippen LogP contribution in [0.4, 0.5) is 0 Å². The molecule has 1 atom stereocenters. The van der Waals surface area contributed by atoms with Crippen molar-refractivity contribution >= 4 is 5.97 Å². The summed E-state index contributed by atoms with van der Waals surface area (Å²) in [7, 11) is 0. The Hall–Kier alpha value is -1.09. The third-order valence-corrected chi connectivity index (χ3v) is 1.98. The number of allylic oxidation sites excluding steroid dienone is 2. The fourth-order valence-electron chi connectivity index (χ4n) is 1.14. The molecule has 0 spiro atoms. The van der Waals surface area contributed by atoms with Gasteiger partial charge in [-0.05, 0) is 6.42 Å². The molecule has 0 aliphatic rings. The van der Waals surface area contributed by atoms with Crippen LogP contribution in [0.15, 0.2) is 24.3 Å². The van der Waals surface area contributed by atoms with E-state index in [0.717, 1.165) is 25.7 Å². The molecule has 0 aromatic heterocycles. The number of aliphatic hydroxyl groups excluding tert-OH is 1. The number of rotatable bonds is 8. The van der Waals surface area contributed by atoms with Crippen LogP contribution in [0.3, 0.4) is 0 Å². The molecule has 0 aliphatic carbocycles. The lowest BCUT2D eigenvalue weighted by Crippen LogP contribution is -2.00. The number of hydrogen-bond acceptors (Lipinski definition) is 2. The minimum atomic E-state index is -0.844. The summed E-state index contributed by atoms with van der Waals surface area (Å²) in [4.78, 5) is 10.1. The summed E-state index contributed by atoms with van der Waals surface area (Å²) in [5, 5.41) is 17.8. The lowest BCUT2D eigenvalue weighted by Gasteiger charge is -2.02. The molecule has 0 amide bonds. The monoisotopic (exact) mass is 212 g/mol. The molecule has 3 nitrogen and oxygen atoms in total. The van der Waals surface area contributed by atoms with Crippen molar-refractivity contribution in [2.45, 2.75) is 45.1 Å². The summed E-state index contributed by atoms with van der Waals surface area (Å²) in [6.07, 6.45) is 10.3. The maximum Gasteiger partial charge on any atom is 0.307 e. The fraction of sp³-hybridized carbons (Fsp3) is 0.583. The first-order valence-electron chi connectivity index (χ1n) is 5.40. The molecule has 0 rings (SSSR count). The smallest absolute Gasteiger partial charge is 0.307 e. The van der Waals surface area contributed by atoms with E-state index in [2.05, 4.69) is 6.92 Å². The van der Waals surface area contributed by atoms with Gasteiger partial charge in [0.25, 0.3) is 0 Å². The van der Waals surface area contributed by atoms with Gasteiger partial charge in [0.2, 0.25) is 0 Å². The van der Waals surface area contributed by atoms with E-state index in [1.54, 1.807) is 24.3 Å². The molecule has 0 aromatic carbocycles. The van der Waals surface area contributed by atoms with Gasteiger partial charge in [-0.1, -0.05) is 50.5 Å². The Morgan fingerprint density at radius 1 is 1.33 bits per heavy atom. The van der Waals surface area contributed by atoms with Gasteiger partial charge >= 0.3 is 5.97 Å². The van der Waals surface area contributed by atoms with Crippen LogP contribution in [-0.4, -0.2) is 22.3 Å². The Balaban J connectivity index is 3.57. The van der Waals surface area contributed by atoms with Crippen molar-refractivity contribution in [3.8, 4) is 0 Å². The first-order chi connectivity index (χ1) is 7.16. The van der Waals surface area contributed by atoms with Crippen molar-refractivity contribution in [1.29, 1.82) is 0 Å². The van der Waals surface area contributed by atoms with E-state index < -0.39 is 12.1 Å². The molecule has 0 heterocycles. The standard InChI is InChI=1S/C12H20O3/c1-2-3-5-8-11(13)9-6-4-7-10-12(14)15/h4,6-7,9,11,13H,2-3,5,8,10H2,1H3,(H,14,15)/b7-4-,9-6+. The van der Waals surface area contributed by atoms with Crippen molar-refractivity contribution < 1.29 is 15.0 Å². The van der Waals surface area contributed by atoms with E-state index in [9.17, 15) is 9.90 Å². The van der Waals surface area contributed by atoms with Crippen molar-refractivity contribution in [2.24, 2.45) is 0 Å². The number of carboxylic acid groups (broad SMARTS) is 1. The van der Waals surface area contributed by atoms with Gasteiger partial charge < -0.3 is 10.2 Å². The summed E-state index contributed by atoms with van der Waals surface area (Å²) in [5.74, 6) is -0.844. The Morgan fingerprint density at radius 2 is 2.07 bits per heavy atom. The van der Waals surface area contributed by atoms with E-state index in [1.165, 1.54) is 0 Å². The largest absolute Gasteiger partial charge is 0.481 e. The zero-order valence-electron chi connectivity index (χ0n) is 9.22. The molecular weight excluding hydrogens is 192 g/mol. The van der Waals surface area contributed by atoms with Crippen LogP contribution in [0.5, 0.6) is 0 Å². The van der Waals surface area contributed by atoms with Crippen LogP contribution < -0.4 is 0 Å². The topological polar surface area (TPSA) is 57.5 Å². The highest BCUT2D eigenvalue weighted by molar-refractivity contribution is 5.68. The summed E-state index contributed by atoms with van der Waals surface area (Å²) >= 11 is 0.